The van der Waals surface area contributed by atoms with E-state index in [9.17, 15) is 4.79 Å². The van der Waals surface area contributed by atoms with Gasteiger partial charge in [-0.25, -0.2) is 0 Å². The molecule has 1 heterocycles. The quantitative estimate of drug-likeness (QED) is 0.766. The third-order valence-electron chi connectivity index (χ3n) is 4.30. The summed E-state index contributed by atoms with van der Waals surface area (Å²) in [5.74, 6) is 0.484. The Labute approximate surface area is 146 Å². The van der Waals surface area contributed by atoms with Crippen LogP contribution in [0.5, 0.6) is 5.75 Å². The fourth-order valence-electron chi connectivity index (χ4n) is 2.96. The van der Waals surface area contributed by atoms with Crippen molar-refractivity contribution in [3.8, 4) is 5.75 Å². The van der Waals surface area contributed by atoms with Crippen LogP contribution in [-0.2, 0) is 18.3 Å². The number of halogens is 1. The van der Waals surface area contributed by atoms with Gasteiger partial charge in [-0.05, 0) is 36.8 Å². The van der Waals surface area contributed by atoms with Gasteiger partial charge in [0.25, 0.3) is 0 Å². The Morgan fingerprint density at radius 1 is 1.25 bits per heavy atom. The summed E-state index contributed by atoms with van der Waals surface area (Å²) in [5, 5.41) is 4.55. The van der Waals surface area contributed by atoms with Crippen LogP contribution in [0.25, 0.3) is 10.9 Å². The number of hydrogen-bond donors (Lipinski definition) is 1. The van der Waals surface area contributed by atoms with Crippen molar-refractivity contribution in [2.75, 3.05) is 12.4 Å². The number of fused-ring (bicyclic) bond motifs is 1. The number of amides is 1. The molecule has 0 aliphatic carbocycles. The van der Waals surface area contributed by atoms with Crippen molar-refractivity contribution in [3.05, 3.63) is 58.7 Å². The van der Waals surface area contributed by atoms with E-state index in [4.69, 9.17) is 16.3 Å². The van der Waals surface area contributed by atoms with E-state index in [0.29, 0.717) is 22.9 Å². The number of benzene rings is 2. The average Bonchev–Trinajstić information content (AvgIpc) is 2.80. The van der Waals surface area contributed by atoms with E-state index in [1.54, 1.807) is 25.3 Å². The molecule has 0 aliphatic heterocycles. The van der Waals surface area contributed by atoms with Crippen molar-refractivity contribution in [2.24, 2.45) is 7.05 Å². The lowest BCUT2D eigenvalue weighted by atomic mass is 10.1. The summed E-state index contributed by atoms with van der Waals surface area (Å²) < 4.78 is 7.38. The minimum Gasteiger partial charge on any atom is -0.495 e. The molecule has 0 unspecified atom stereocenters. The Kier molecular flexibility index (Phi) is 4.49. The number of carbonyl (C=O) groups is 1. The highest BCUT2D eigenvalue weighted by Crippen LogP contribution is 2.29. The van der Waals surface area contributed by atoms with Gasteiger partial charge in [-0.2, -0.15) is 0 Å². The fourth-order valence-corrected chi connectivity index (χ4v) is 3.13. The van der Waals surface area contributed by atoms with Crippen LogP contribution in [0.15, 0.2) is 42.5 Å². The van der Waals surface area contributed by atoms with E-state index in [-0.39, 0.29) is 5.91 Å². The first-order valence-electron chi connectivity index (χ1n) is 7.67. The van der Waals surface area contributed by atoms with Gasteiger partial charge in [-0.15, -0.1) is 0 Å². The Morgan fingerprint density at radius 3 is 2.75 bits per heavy atom. The second-order valence-corrected chi connectivity index (χ2v) is 6.15. The van der Waals surface area contributed by atoms with Crippen molar-refractivity contribution in [1.29, 1.82) is 0 Å². The third-order valence-corrected chi connectivity index (χ3v) is 4.54. The molecule has 24 heavy (non-hydrogen) atoms. The zero-order valence-corrected chi connectivity index (χ0v) is 14.6. The maximum Gasteiger partial charge on any atom is 0.228 e. The normalized spacial score (nSPS) is 10.8. The molecule has 4 nitrogen and oxygen atoms in total. The van der Waals surface area contributed by atoms with Gasteiger partial charge in [-0.3, -0.25) is 4.79 Å². The zero-order valence-electron chi connectivity index (χ0n) is 13.9. The van der Waals surface area contributed by atoms with Crippen molar-refractivity contribution in [1.82, 2.24) is 4.57 Å². The van der Waals surface area contributed by atoms with E-state index in [0.717, 1.165) is 22.2 Å². The molecule has 0 spiro atoms. The van der Waals surface area contributed by atoms with E-state index >= 15 is 0 Å². The summed E-state index contributed by atoms with van der Waals surface area (Å²) in [5.41, 5.74) is 3.82. The molecule has 0 fully saturated rings. The van der Waals surface area contributed by atoms with E-state index < -0.39 is 0 Å². The first-order chi connectivity index (χ1) is 11.5. The molecule has 0 aliphatic rings. The molecule has 1 aromatic heterocycles. The minimum atomic E-state index is -0.102. The molecule has 124 valence electrons. The number of anilines is 1. The average molecular weight is 343 g/mol. The van der Waals surface area contributed by atoms with Crippen molar-refractivity contribution in [2.45, 2.75) is 13.3 Å². The number of aryl methyl sites for hydroxylation is 1. The molecule has 3 aromatic rings. The molecule has 0 atom stereocenters. The molecule has 2 aromatic carbocycles. The summed E-state index contributed by atoms with van der Waals surface area (Å²) in [4.78, 5) is 12.5. The number of para-hydroxylation sites is 1. The highest BCUT2D eigenvalue weighted by molar-refractivity contribution is 6.31. The standard InChI is InChI=1S/C19H19ClN2O2/c1-12-15(14-6-4-5-7-17(14)22(12)2)11-19(23)21-16-10-13(20)8-9-18(16)24-3/h4-10H,11H2,1-3H3,(H,21,23). The predicted octanol–water partition coefficient (Wildman–Crippen LogP) is 4.33. The molecule has 0 bridgehead atoms. The van der Waals surface area contributed by atoms with Crippen LogP contribution in [-0.4, -0.2) is 17.6 Å². The monoisotopic (exact) mass is 342 g/mol. The fraction of sp³-hybridized carbons (Fsp3) is 0.211. The number of hydrogen-bond acceptors (Lipinski definition) is 2. The first-order valence-corrected chi connectivity index (χ1v) is 8.05. The lowest BCUT2D eigenvalue weighted by Gasteiger charge is -2.11. The van der Waals surface area contributed by atoms with Crippen LogP contribution in [0.4, 0.5) is 5.69 Å². The second-order valence-electron chi connectivity index (χ2n) is 5.71. The summed E-state index contributed by atoms with van der Waals surface area (Å²) >= 11 is 6.01. The van der Waals surface area contributed by atoms with Crippen LogP contribution in [0.3, 0.4) is 0 Å². The number of nitrogens with zero attached hydrogens (tertiary/aromatic N) is 1. The third kappa shape index (κ3) is 2.97. The van der Waals surface area contributed by atoms with Crippen molar-refractivity contribution in [3.63, 3.8) is 0 Å². The Morgan fingerprint density at radius 2 is 2.00 bits per heavy atom. The predicted molar refractivity (Wildman–Crippen MR) is 98.0 cm³/mol. The van der Waals surface area contributed by atoms with Crippen molar-refractivity contribution >= 4 is 34.1 Å². The maximum atomic E-state index is 12.5. The Bertz CT molecular complexity index is 915. The molecular formula is C19H19ClN2O2. The summed E-state index contributed by atoms with van der Waals surface area (Å²) in [7, 11) is 3.58. The highest BCUT2D eigenvalue weighted by Gasteiger charge is 2.16. The van der Waals surface area contributed by atoms with Gasteiger partial charge in [0.05, 0.1) is 19.2 Å². The van der Waals surface area contributed by atoms with Crippen LogP contribution < -0.4 is 10.1 Å². The highest BCUT2D eigenvalue weighted by atomic mass is 35.5. The molecule has 1 N–H and O–H groups in total. The van der Waals surface area contributed by atoms with Gasteiger partial charge in [0, 0.05) is 28.7 Å². The summed E-state index contributed by atoms with van der Waals surface area (Å²) in [6.45, 7) is 2.03. The number of aromatic nitrogens is 1. The number of nitrogens with one attached hydrogen (secondary N) is 1. The van der Waals surface area contributed by atoms with Gasteiger partial charge >= 0.3 is 0 Å². The van der Waals surface area contributed by atoms with Crippen LogP contribution in [0.1, 0.15) is 11.3 Å². The molecule has 5 heteroatoms. The van der Waals surface area contributed by atoms with Gasteiger partial charge in [0.1, 0.15) is 5.75 Å². The van der Waals surface area contributed by atoms with Crippen molar-refractivity contribution < 1.29 is 9.53 Å². The van der Waals surface area contributed by atoms with Gasteiger partial charge < -0.3 is 14.6 Å². The number of rotatable bonds is 4. The molecule has 0 saturated heterocycles. The Hall–Kier alpha value is -2.46. The Balaban J connectivity index is 1.89. The largest absolute Gasteiger partial charge is 0.495 e. The van der Waals surface area contributed by atoms with E-state index in [1.807, 2.05) is 32.2 Å². The van der Waals surface area contributed by atoms with E-state index in [1.165, 1.54) is 0 Å². The molecule has 0 radical (unpaired) electrons. The molecule has 3 rings (SSSR count). The van der Waals surface area contributed by atoms with Crippen LogP contribution in [0.2, 0.25) is 5.02 Å². The molecule has 0 saturated carbocycles. The minimum absolute atomic E-state index is 0.102. The molecule has 1 amide bonds. The maximum absolute atomic E-state index is 12.5. The number of carbonyl (C=O) groups excluding carboxylic acids is 1. The van der Waals surface area contributed by atoms with Crippen LogP contribution >= 0.6 is 11.6 Å². The van der Waals surface area contributed by atoms with Gasteiger partial charge in [0.15, 0.2) is 0 Å². The van der Waals surface area contributed by atoms with Gasteiger partial charge in [-0.1, -0.05) is 29.8 Å². The smallest absolute Gasteiger partial charge is 0.228 e. The van der Waals surface area contributed by atoms with E-state index in [2.05, 4.69) is 16.0 Å². The lowest BCUT2D eigenvalue weighted by Crippen LogP contribution is -2.15. The lowest BCUT2D eigenvalue weighted by molar-refractivity contribution is -0.115. The summed E-state index contributed by atoms with van der Waals surface area (Å²) in [6, 6.07) is 13.3. The summed E-state index contributed by atoms with van der Waals surface area (Å²) in [6.07, 6.45) is 0.294. The first kappa shape index (κ1) is 16.4. The number of methoxy groups -OCH3 is 1. The van der Waals surface area contributed by atoms with Crippen LogP contribution in [0, 0.1) is 6.92 Å². The topological polar surface area (TPSA) is 43.3 Å². The number of ether oxygens (including phenoxy) is 1. The SMILES string of the molecule is COc1ccc(Cl)cc1NC(=O)Cc1c(C)n(C)c2ccccc12. The zero-order chi connectivity index (χ0) is 17.3. The second kappa shape index (κ2) is 6.57. The van der Waals surface area contributed by atoms with Gasteiger partial charge in [0.2, 0.25) is 5.91 Å². The molecular weight excluding hydrogens is 324 g/mol.